The maximum absolute atomic E-state index is 12.5. The summed E-state index contributed by atoms with van der Waals surface area (Å²) in [6.07, 6.45) is 9.22. The van der Waals surface area contributed by atoms with E-state index in [2.05, 4.69) is 22.5 Å². The summed E-state index contributed by atoms with van der Waals surface area (Å²) in [7, 11) is 3.64. The molecule has 0 saturated carbocycles. The Kier molecular flexibility index (Phi) is 7.86. The molecule has 0 bridgehead atoms. The maximum Gasteiger partial charge on any atom is 0.316 e. The average molecular weight is 406 g/mol. The number of rotatable bonds is 10. The number of likely N-dealkylation sites (N-methyl/N-ethyl adjacent to an activating group) is 1. The maximum atomic E-state index is 12.5. The number of methoxy groups -OCH3 is 1. The highest BCUT2D eigenvalue weighted by molar-refractivity contribution is 5.75. The van der Waals surface area contributed by atoms with Crippen LogP contribution in [0, 0.1) is 0 Å². The lowest BCUT2D eigenvalue weighted by Gasteiger charge is -2.36. The number of ether oxygens (including phenoxy) is 3. The highest BCUT2D eigenvalue weighted by atomic mass is 16.7. The molecular weight excluding hydrogens is 370 g/mol. The van der Waals surface area contributed by atoms with Crippen molar-refractivity contribution >= 4 is 6.03 Å². The smallest absolute Gasteiger partial charge is 0.316 e. The SMILES string of the molecule is CCCCCCCCCNC(=O)NC1c2c(cc3c(c2OC)OCO3)CCN1C. The zero-order valence-electron chi connectivity index (χ0n) is 18.0. The van der Waals surface area contributed by atoms with Crippen molar-refractivity contribution < 1.29 is 19.0 Å². The number of urea groups is 1. The van der Waals surface area contributed by atoms with Gasteiger partial charge in [-0.2, -0.15) is 0 Å². The summed E-state index contributed by atoms with van der Waals surface area (Å²) in [5.74, 6) is 1.99. The van der Waals surface area contributed by atoms with E-state index in [1.807, 2.05) is 13.1 Å². The quantitative estimate of drug-likeness (QED) is 0.577. The Morgan fingerprint density at radius 1 is 1.21 bits per heavy atom. The van der Waals surface area contributed by atoms with Gasteiger partial charge in [-0.05, 0) is 31.5 Å². The Morgan fingerprint density at radius 3 is 2.72 bits per heavy atom. The molecule has 1 aromatic rings. The van der Waals surface area contributed by atoms with E-state index in [1.54, 1.807) is 7.11 Å². The van der Waals surface area contributed by atoms with E-state index in [0.717, 1.165) is 36.9 Å². The molecule has 2 aliphatic heterocycles. The summed E-state index contributed by atoms with van der Waals surface area (Å²) < 4.78 is 16.8. The standard InChI is InChI=1S/C22H35N3O4/c1-4-5-6-7-8-9-10-12-23-22(26)24-21-18-16(11-13-25(21)2)14-17-19(20(18)27-3)29-15-28-17/h14,21H,4-13,15H2,1-3H3,(H2,23,24,26). The van der Waals surface area contributed by atoms with Crippen LogP contribution >= 0.6 is 0 Å². The fourth-order valence-corrected chi connectivity index (χ4v) is 4.07. The summed E-state index contributed by atoms with van der Waals surface area (Å²) in [6, 6.07) is 1.86. The molecule has 3 rings (SSSR count). The minimum atomic E-state index is -0.266. The first-order valence-electron chi connectivity index (χ1n) is 10.9. The molecule has 7 heteroatoms. The first-order chi connectivity index (χ1) is 14.2. The number of amides is 2. The molecule has 0 spiro atoms. The van der Waals surface area contributed by atoms with E-state index < -0.39 is 0 Å². The highest BCUT2D eigenvalue weighted by Gasteiger charge is 2.34. The van der Waals surface area contributed by atoms with Crippen molar-refractivity contribution in [3.8, 4) is 17.2 Å². The number of hydrogen-bond acceptors (Lipinski definition) is 5. The number of nitrogens with one attached hydrogen (secondary N) is 2. The van der Waals surface area contributed by atoms with Crippen LogP contribution in [0.2, 0.25) is 0 Å². The molecule has 0 aromatic heterocycles. The minimum absolute atomic E-state index is 0.152. The van der Waals surface area contributed by atoms with E-state index in [1.165, 1.54) is 32.1 Å². The van der Waals surface area contributed by atoms with Crippen LogP contribution in [0.25, 0.3) is 0 Å². The number of hydrogen-bond donors (Lipinski definition) is 2. The van der Waals surface area contributed by atoms with Crippen LogP contribution in [-0.2, 0) is 6.42 Å². The number of carbonyl (C=O) groups excluding carboxylic acids is 1. The molecule has 1 atom stereocenters. The van der Waals surface area contributed by atoms with Crippen molar-refractivity contribution in [2.24, 2.45) is 0 Å². The molecule has 2 heterocycles. The number of fused-ring (bicyclic) bond motifs is 2. The van der Waals surface area contributed by atoms with Gasteiger partial charge in [0.1, 0.15) is 6.17 Å². The van der Waals surface area contributed by atoms with Gasteiger partial charge < -0.3 is 24.8 Å². The van der Waals surface area contributed by atoms with E-state index in [0.29, 0.717) is 23.8 Å². The molecule has 1 aromatic carbocycles. The number of benzene rings is 1. The van der Waals surface area contributed by atoms with E-state index in [9.17, 15) is 4.79 Å². The summed E-state index contributed by atoms with van der Waals surface area (Å²) in [5.41, 5.74) is 2.08. The van der Waals surface area contributed by atoms with Crippen LogP contribution in [0.1, 0.15) is 69.2 Å². The largest absolute Gasteiger partial charge is 0.492 e. The van der Waals surface area contributed by atoms with Crippen LogP contribution < -0.4 is 24.8 Å². The van der Waals surface area contributed by atoms with Crippen LogP contribution in [-0.4, -0.2) is 45.0 Å². The van der Waals surface area contributed by atoms with Gasteiger partial charge in [-0.3, -0.25) is 4.90 Å². The molecule has 0 radical (unpaired) electrons. The monoisotopic (exact) mass is 405 g/mol. The van der Waals surface area contributed by atoms with Gasteiger partial charge in [-0.15, -0.1) is 0 Å². The van der Waals surface area contributed by atoms with Gasteiger partial charge in [0, 0.05) is 18.7 Å². The third kappa shape index (κ3) is 5.26. The lowest BCUT2D eigenvalue weighted by molar-refractivity contribution is 0.169. The summed E-state index contributed by atoms with van der Waals surface area (Å²) in [4.78, 5) is 14.7. The molecule has 2 N–H and O–H groups in total. The van der Waals surface area contributed by atoms with Crippen molar-refractivity contribution in [1.29, 1.82) is 0 Å². The zero-order chi connectivity index (χ0) is 20.6. The Morgan fingerprint density at radius 2 is 1.97 bits per heavy atom. The second-order valence-corrected chi connectivity index (χ2v) is 7.87. The minimum Gasteiger partial charge on any atom is -0.492 e. The van der Waals surface area contributed by atoms with Crippen molar-refractivity contribution in [3.63, 3.8) is 0 Å². The summed E-state index contributed by atoms with van der Waals surface area (Å²) >= 11 is 0. The second kappa shape index (κ2) is 10.6. The Labute approximate surface area is 174 Å². The second-order valence-electron chi connectivity index (χ2n) is 7.87. The molecule has 0 aliphatic carbocycles. The van der Waals surface area contributed by atoms with Crippen LogP contribution in [0.4, 0.5) is 4.79 Å². The molecule has 29 heavy (non-hydrogen) atoms. The average Bonchev–Trinajstić information content (AvgIpc) is 3.18. The molecule has 162 valence electrons. The van der Waals surface area contributed by atoms with Gasteiger partial charge in [-0.1, -0.05) is 45.4 Å². The van der Waals surface area contributed by atoms with Crippen LogP contribution in [0.3, 0.4) is 0 Å². The lowest BCUT2D eigenvalue weighted by Crippen LogP contribution is -2.47. The van der Waals surface area contributed by atoms with E-state index in [-0.39, 0.29) is 19.0 Å². The predicted octanol–water partition coefficient (Wildman–Crippen LogP) is 3.96. The lowest BCUT2D eigenvalue weighted by atomic mass is 9.95. The van der Waals surface area contributed by atoms with Crippen molar-refractivity contribution in [3.05, 3.63) is 17.2 Å². The van der Waals surface area contributed by atoms with Crippen molar-refractivity contribution in [1.82, 2.24) is 15.5 Å². The first kappa shape index (κ1) is 21.6. The molecule has 1 unspecified atom stereocenters. The van der Waals surface area contributed by atoms with Gasteiger partial charge in [-0.25, -0.2) is 4.79 Å². The fourth-order valence-electron chi connectivity index (χ4n) is 4.07. The topological polar surface area (TPSA) is 72.1 Å². The van der Waals surface area contributed by atoms with E-state index in [4.69, 9.17) is 14.2 Å². The fraction of sp³-hybridized carbons (Fsp3) is 0.682. The van der Waals surface area contributed by atoms with Gasteiger partial charge in [0.05, 0.1) is 7.11 Å². The molecule has 2 aliphatic rings. The van der Waals surface area contributed by atoms with Gasteiger partial charge in [0.2, 0.25) is 12.5 Å². The Bertz CT molecular complexity index is 695. The predicted molar refractivity (Wildman–Crippen MR) is 113 cm³/mol. The number of nitrogens with zero attached hydrogens (tertiary/aromatic N) is 1. The zero-order valence-corrected chi connectivity index (χ0v) is 18.0. The van der Waals surface area contributed by atoms with Crippen LogP contribution in [0.5, 0.6) is 17.2 Å². The third-order valence-corrected chi connectivity index (χ3v) is 5.73. The van der Waals surface area contributed by atoms with Crippen LogP contribution in [0.15, 0.2) is 6.07 Å². The van der Waals surface area contributed by atoms with Gasteiger partial charge in [0.15, 0.2) is 11.5 Å². The molecule has 0 saturated heterocycles. The van der Waals surface area contributed by atoms with Crippen molar-refractivity contribution in [2.75, 3.05) is 34.0 Å². The Balaban J connectivity index is 1.55. The Hall–Kier alpha value is -2.15. The first-order valence-corrected chi connectivity index (χ1v) is 10.9. The van der Waals surface area contributed by atoms with Gasteiger partial charge in [0.25, 0.3) is 0 Å². The molecule has 7 nitrogen and oxygen atoms in total. The number of carbonyl (C=O) groups is 1. The highest BCUT2D eigenvalue weighted by Crippen LogP contribution is 2.48. The normalized spacial score (nSPS) is 17.7. The van der Waals surface area contributed by atoms with Crippen molar-refractivity contribution in [2.45, 2.75) is 64.5 Å². The number of unbranched alkanes of at least 4 members (excludes halogenated alkanes) is 6. The van der Waals surface area contributed by atoms with E-state index >= 15 is 0 Å². The summed E-state index contributed by atoms with van der Waals surface area (Å²) in [6.45, 7) is 3.97. The summed E-state index contributed by atoms with van der Waals surface area (Å²) in [5, 5.41) is 6.11. The van der Waals surface area contributed by atoms with Gasteiger partial charge >= 0.3 is 6.03 Å². The third-order valence-electron chi connectivity index (χ3n) is 5.73. The molecule has 0 fully saturated rings. The molecular formula is C22H35N3O4. The molecule has 2 amide bonds.